The zero-order valence-corrected chi connectivity index (χ0v) is 23.4. The Hall–Kier alpha value is -3.69. The van der Waals surface area contributed by atoms with E-state index in [9.17, 15) is 9.59 Å². The van der Waals surface area contributed by atoms with Gasteiger partial charge in [-0.2, -0.15) is 0 Å². The smallest absolute Gasteiger partial charge is 0.329 e. The molecule has 0 spiro atoms. The maximum absolute atomic E-state index is 13.4. The van der Waals surface area contributed by atoms with Gasteiger partial charge in [-0.25, -0.2) is 14.8 Å². The molecule has 4 rings (SSSR count). The maximum Gasteiger partial charge on any atom is 0.329 e. The lowest BCUT2D eigenvalue weighted by molar-refractivity contribution is -0.157. The molecule has 2 aromatic carbocycles. The molecule has 0 unspecified atom stereocenters. The number of hydrogen-bond acceptors (Lipinski definition) is 8. The Balaban J connectivity index is 1.48. The molecule has 38 heavy (non-hydrogen) atoms. The van der Waals surface area contributed by atoms with Crippen molar-refractivity contribution in [3.63, 3.8) is 0 Å². The molecule has 196 valence electrons. The largest absolute Gasteiger partial charge is 0.458 e. The Morgan fingerprint density at radius 2 is 1.79 bits per heavy atom. The number of benzene rings is 2. The number of thiazole rings is 1. The molecular formula is C29H30N4O3S2. The van der Waals surface area contributed by atoms with Gasteiger partial charge < -0.3 is 15.4 Å². The number of aromatic nitrogens is 2. The predicted octanol–water partition coefficient (Wildman–Crippen LogP) is 6.42. The summed E-state index contributed by atoms with van der Waals surface area (Å²) < 4.78 is 6.58. The fourth-order valence-corrected chi connectivity index (χ4v) is 5.49. The number of hydrogen-bond donors (Lipinski definition) is 2. The first-order valence-corrected chi connectivity index (χ1v) is 13.8. The summed E-state index contributed by atoms with van der Waals surface area (Å²) in [6.45, 7) is 7.32. The van der Waals surface area contributed by atoms with E-state index in [-0.39, 0.29) is 5.91 Å². The number of esters is 1. The number of pyridine rings is 1. The van der Waals surface area contributed by atoms with Gasteiger partial charge in [0.25, 0.3) is 5.91 Å². The van der Waals surface area contributed by atoms with Gasteiger partial charge in [-0.3, -0.25) is 4.79 Å². The minimum atomic E-state index is -0.818. The number of anilines is 2. The van der Waals surface area contributed by atoms with Crippen LogP contribution < -0.4 is 10.6 Å². The Labute approximate surface area is 231 Å². The monoisotopic (exact) mass is 546 g/mol. The van der Waals surface area contributed by atoms with Crippen LogP contribution in [0.25, 0.3) is 0 Å². The van der Waals surface area contributed by atoms with Crippen LogP contribution >= 0.6 is 23.1 Å². The SMILES string of the molecule is Cc1ccc(Sc2cnc(Nc3ccccn3)s2)cc1C(=O)N[C@@H](Cc1ccccc1)C(=O)OC(C)(C)C. The second-order valence-electron chi connectivity index (χ2n) is 9.65. The van der Waals surface area contributed by atoms with E-state index in [0.29, 0.717) is 12.0 Å². The van der Waals surface area contributed by atoms with Crippen molar-refractivity contribution < 1.29 is 14.3 Å². The molecule has 0 bridgehead atoms. The third-order valence-corrected chi connectivity index (χ3v) is 7.34. The van der Waals surface area contributed by atoms with Crippen LogP contribution in [-0.4, -0.2) is 33.5 Å². The molecule has 0 fully saturated rings. The van der Waals surface area contributed by atoms with Crippen molar-refractivity contribution >= 4 is 45.9 Å². The van der Waals surface area contributed by atoms with Crippen LogP contribution in [0.4, 0.5) is 10.9 Å². The summed E-state index contributed by atoms with van der Waals surface area (Å²) in [5, 5.41) is 6.84. The normalized spacial score (nSPS) is 12.0. The Kier molecular flexibility index (Phi) is 8.81. The van der Waals surface area contributed by atoms with Crippen LogP contribution in [0.2, 0.25) is 0 Å². The molecule has 0 aliphatic heterocycles. The molecule has 9 heteroatoms. The summed E-state index contributed by atoms with van der Waals surface area (Å²) in [6.07, 6.45) is 3.85. The molecule has 7 nitrogen and oxygen atoms in total. The molecule has 0 aliphatic rings. The first-order valence-electron chi connectivity index (χ1n) is 12.2. The predicted molar refractivity (Wildman–Crippen MR) is 152 cm³/mol. The minimum Gasteiger partial charge on any atom is -0.458 e. The van der Waals surface area contributed by atoms with Crippen LogP contribution in [0.1, 0.15) is 42.3 Å². The Morgan fingerprint density at radius 1 is 1.03 bits per heavy atom. The van der Waals surface area contributed by atoms with Crippen LogP contribution in [0.5, 0.6) is 0 Å². The number of amides is 1. The quantitative estimate of drug-likeness (QED) is 0.234. The first-order chi connectivity index (χ1) is 18.2. The molecule has 0 saturated heterocycles. The number of rotatable bonds is 9. The molecule has 2 heterocycles. The topological polar surface area (TPSA) is 93.2 Å². The van der Waals surface area contributed by atoms with Gasteiger partial charge >= 0.3 is 5.97 Å². The van der Waals surface area contributed by atoms with Crippen LogP contribution in [0, 0.1) is 6.92 Å². The zero-order chi connectivity index (χ0) is 27.1. The van der Waals surface area contributed by atoms with Gasteiger partial charge in [0.2, 0.25) is 0 Å². The van der Waals surface area contributed by atoms with E-state index in [4.69, 9.17) is 4.74 Å². The van der Waals surface area contributed by atoms with E-state index in [1.54, 1.807) is 12.4 Å². The third-order valence-electron chi connectivity index (χ3n) is 5.34. The lowest BCUT2D eigenvalue weighted by atomic mass is 10.0. The van der Waals surface area contributed by atoms with Gasteiger partial charge in [0.1, 0.15) is 17.5 Å². The summed E-state index contributed by atoms with van der Waals surface area (Å²) >= 11 is 3.02. The summed E-state index contributed by atoms with van der Waals surface area (Å²) in [4.78, 5) is 36.0. The van der Waals surface area contributed by atoms with Gasteiger partial charge in [-0.05, 0) is 63.1 Å². The van der Waals surface area contributed by atoms with Crippen molar-refractivity contribution in [2.24, 2.45) is 0 Å². The van der Waals surface area contributed by atoms with Gasteiger partial charge in [0.05, 0.1) is 10.4 Å². The van der Waals surface area contributed by atoms with Crippen LogP contribution in [0.3, 0.4) is 0 Å². The standard InChI is InChI=1S/C29H30N4O3S2/c1-19-13-14-21(37-25-18-31-28(38-25)33-24-12-8-9-15-30-24)17-22(19)26(34)32-23(27(35)36-29(2,3)4)16-20-10-6-5-7-11-20/h5-15,17-18,23H,16H2,1-4H3,(H,32,34)(H,30,31,33)/t23-/m0/s1. The summed E-state index contributed by atoms with van der Waals surface area (Å²) in [5.41, 5.74) is 1.59. The average Bonchev–Trinajstić information content (AvgIpc) is 3.31. The van der Waals surface area contributed by atoms with E-state index < -0.39 is 17.6 Å². The zero-order valence-electron chi connectivity index (χ0n) is 21.7. The van der Waals surface area contributed by atoms with Crippen molar-refractivity contribution in [3.05, 3.63) is 95.8 Å². The van der Waals surface area contributed by atoms with E-state index in [2.05, 4.69) is 20.6 Å². The molecule has 2 aromatic heterocycles. The number of nitrogens with zero attached hydrogens (tertiary/aromatic N) is 2. The van der Waals surface area contributed by atoms with Crippen molar-refractivity contribution in [1.82, 2.24) is 15.3 Å². The molecular weight excluding hydrogens is 516 g/mol. The second-order valence-corrected chi connectivity index (χ2v) is 12.1. The van der Waals surface area contributed by atoms with Crippen molar-refractivity contribution in [1.29, 1.82) is 0 Å². The van der Waals surface area contributed by atoms with Crippen molar-refractivity contribution in [3.8, 4) is 0 Å². The highest BCUT2D eigenvalue weighted by Crippen LogP contribution is 2.35. The summed E-state index contributed by atoms with van der Waals surface area (Å²) in [5.74, 6) is -0.0585. The number of nitrogens with one attached hydrogen (secondary N) is 2. The van der Waals surface area contributed by atoms with E-state index in [0.717, 1.165) is 31.2 Å². The van der Waals surface area contributed by atoms with E-state index >= 15 is 0 Å². The lowest BCUT2D eigenvalue weighted by Gasteiger charge is -2.25. The van der Waals surface area contributed by atoms with Crippen molar-refractivity contribution in [2.75, 3.05) is 5.32 Å². The highest BCUT2D eigenvalue weighted by molar-refractivity contribution is 8.01. The van der Waals surface area contributed by atoms with E-state index in [1.165, 1.54) is 23.1 Å². The minimum absolute atomic E-state index is 0.321. The van der Waals surface area contributed by atoms with Gasteiger partial charge in [0.15, 0.2) is 5.13 Å². The van der Waals surface area contributed by atoms with Gasteiger partial charge in [0, 0.05) is 23.1 Å². The number of aryl methyl sites for hydroxylation is 1. The van der Waals surface area contributed by atoms with E-state index in [1.807, 2.05) is 94.4 Å². The Morgan fingerprint density at radius 3 is 2.50 bits per heavy atom. The van der Waals surface area contributed by atoms with Crippen LogP contribution in [-0.2, 0) is 16.0 Å². The number of carbonyl (C=O) groups is 2. The number of carbonyl (C=O) groups excluding carboxylic acids is 2. The highest BCUT2D eigenvalue weighted by atomic mass is 32.2. The molecule has 1 atom stereocenters. The van der Waals surface area contributed by atoms with Crippen molar-refractivity contribution in [2.45, 2.75) is 54.9 Å². The molecule has 2 N–H and O–H groups in total. The fraction of sp³-hybridized carbons (Fsp3) is 0.241. The Bertz CT molecular complexity index is 1390. The molecule has 0 aliphatic carbocycles. The second kappa shape index (κ2) is 12.2. The molecule has 0 saturated carbocycles. The third kappa shape index (κ3) is 7.90. The average molecular weight is 547 g/mol. The van der Waals surface area contributed by atoms with Gasteiger partial charge in [-0.1, -0.05) is 65.6 Å². The molecule has 0 radical (unpaired) electrons. The van der Waals surface area contributed by atoms with Gasteiger partial charge in [-0.15, -0.1) is 0 Å². The van der Waals surface area contributed by atoms with Crippen LogP contribution in [0.15, 0.2) is 88.2 Å². The molecule has 4 aromatic rings. The fourth-order valence-electron chi connectivity index (χ4n) is 3.59. The highest BCUT2D eigenvalue weighted by Gasteiger charge is 2.28. The lowest BCUT2D eigenvalue weighted by Crippen LogP contribution is -2.45. The maximum atomic E-state index is 13.4. The number of ether oxygens (including phenoxy) is 1. The molecule has 1 amide bonds. The summed E-state index contributed by atoms with van der Waals surface area (Å²) in [6, 6.07) is 20.1. The first kappa shape index (κ1) is 27.3. The summed E-state index contributed by atoms with van der Waals surface area (Å²) in [7, 11) is 0.